The summed E-state index contributed by atoms with van der Waals surface area (Å²) in [7, 11) is 0. The second-order valence-electron chi connectivity index (χ2n) is 4.31. The van der Waals surface area contributed by atoms with E-state index < -0.39 is 0 Å². The van der Waals surface area contributed by atoms with Crippen LogP contribution in [0.3, 0.4) is 0 Å². The first kappa shape index (κ1) is 14.5. The number of rotatable bonds is 4. The Morgan fingerprint density at radius 3 is 2.60 bits per heavy atom. The van der Waals surface area contributed by atoms with Crippen molar-refractivity contribution in [1.29, 1.82) is 0 Å². The number of carbonyl (C=O) groups excluding carboxylic acids is 1. The minimum Gasteiger partial charge on any atom is -0.361 e. The normalized spacial score (nSPS) is 10.8. The topological polar surface area (TPSA) is 29.1 Å². The highest BCUT2D eigenvalue weighted by Crippen LogP contribution is 2.16. The molecule has 0 unspecified atom stereocenters. The Morgan fingerprint density at radius 1 is 1.20 bits per heavy atom. The minimum atomic E-state index is -0.314. The molecule has 2 aromatic carbocycles. The molecule has 0 heterocycles. The van der Waals surface area contributed by atoms with Gasteiger partial charge in [-0.05, 0) is 48.9 Å². The Morgan fingerprint density at radius 2 is 1.90 bits per heavy atom. The van der Waals surface area contributed by atoms with E-state index in [1.807, 2.05) is 19.1 Å². The molecule has 0 atom stereocenters. The Kier molecular flexibility index (Phi) is 4.69. The SMILES string of the molecule is Cc1ccc(F)cc1NC=CC(=O)c1ccc(Br)cc1. The fourth-order valence-corrected chi connectivity index (χ4v) is 1.93. The maximum atomic E-state index is 13.1. The molecule has 0 spiro atoms. The number of aryl methyl sites for hydroxylation is 1. The molecule has 0 saturated carbocycles. The number of nitrogens with one attached hydrogen (secondary N) is 1. The van der Waals surface area contributed by atoms with Crippen molar-refractivity contribution in [2.45, 2.75) is 6.92 Å². The van der Waals surface area contributed by atoms with E-state index in [0.717, 1.165) is 10.0 Å². The summed E-state index contributed by atoms with van der Waals surface area (Å²) >= 11 is 3.32. The van der Waals surface area contributed by atoms with Crippen LogP contribution in [0.4, 0.5) is 10.1 Å². The maximum Gasteiger partial charge on any atom is 0.187 e. The molecule has 4 heteroatoms. The van der Waals surface area contributed by atoms with Crippen molar-refractivity contribution in [3.05, 3.63) is 76.2 Å². The lowest BCUT2D eigenvalue weighted by atomic mass is 10.1. The zero-order valence-electron chi connectivity index (χ0n) is 10.9. The fraction of sp³-hybridized carbons (Fsp3) is 0.0625. The Hall–Kier alpha value is -1.94. The molecular formula is C16H13BrFNO. The van der Waals surface area contributed by atoms with Gasteiger partial charge in [0.15, 0.2) is 5.78 Å². The van der Waals surface area contributed by atoms with E-state index in [9.17, 15) is 9.18 Å². The number of allylic oxidation sites excluding steroid dienone is 1. The molecule has 0 aromatic heterocycles. The number of benzene rings is 2. The monoisotopic (exact) mass is 333 g/mol. The summed E-state index contributed by atoms with van der Waals surface area (Å²) in [5.41, 5.74) is 2.15. The average molecular weight is 334 g/mol. The van der Waals surface area contributed by atoms with Gasteiger partial charge in [0.25, 0.3) is 0 Å². The van der Waals surface area contributed by atoms with Crippen LogP contribution in [-0.2, 0) is 0 Å². The third kappa shape index (κ3) is 3.78. The molecule has 0 aliphatic carbocycles. The van der Waals surface area contributed by atoms with Crippen molar-refractivity contribution in [2.75, 3.05) is 5.32 Å². The van der Waals surface area contributed by atoms with Crippen LogP contribution in [0.15, 0.2) is 59.2 Å². The van der Waals surface area contributed by atoms with Crippen LogP contribution < -0.4 is 5.32 Å². The van der Waals surface area contributed by atoms with Gasteiger partial charge in [-0.25, -0.2) is 4.39 Å². The van der Waals surface area contributed by atoms with Gasteiger partial charge in [0.2, 0.25) is 0 Å². The second-order valence-corrected chi connectivity index (χ2v) is 5.22. The highest BCUT2D eigenvalue weighted by atomic mass is 79.9. The second kappa shape index (κ2) is 6.48. The molecule has 102 valence electrons. The van der Waals surface area contributed by atoms with Crippen molar-refractivity contribution < 1.29 is 9.18 Å². The Balaban J connectivity index is 2.04. The summed E-state index contributed by atoms with van der Waals surface area (Å²) in [4.78, 5) is 11.9. The minimum absolute atomic E-state index is 0.112. The van der Waals surface area contributed by atoms with Gasteiger partial charge in [0.1, 0.15) is 5.82 Å². The van der Waals surface area contributed by atoms with Crippen LogP contribution in [0.5, 0.6) is 0 Å². The molecule has 0 saturated heterocycles. The quantitative estimate of drug-likeness (QED) is 0.648. The molecule has 20 heavy (non-hydrogen) atoms. The van der Waals surface area contributed by atoms with E-state index in [1.165, 1.54) is 24.4 Å². The van der Waals surface area contributed by atoms with Gasteiger partial charge in [-0.1, -0.05) is 22.0 Å². The van der Waals surface area contributed by atoms with E-state index in [-0.39, 0.29) is 11.6 Å². The van der Waals surface area contributed by atoms with Crippen molar-refractivity contribution in [1.82, 2.24) is 0 Å². The molecule has 0 amide bonds. The molecule has 2 aromatic rings. The van der Waals surface area contributed by atoms with Crippen molar-refractivity contribution in [2.24, 2.45) is 0 Å². The number of anilines is 1. The number of hydrogen-bond donors (Lipinski definition) is 1. The van der Waals surface area contributed by atoms with Gasteiger partial charge >= 0.3 is 0 Å². The molecular weight excluding hydrogens is 321 g/mol. The molecule has 1 N–H and O–H groups in total. The largest absolute Gasteiger partial charge is 0.361 e. The Bertz CT molecular complexity index is 650. The lowest BCUT2D eigenvalue weighted by Crippen LogP contribution is -1.97. The van der Waals surface area contributed by atoms with Gasteiger partial charge in [0.05, 0.1) is 0 Å². The number of ketones is 1. The summed E-state index contributed by atoms with van der Waals surface area (Å²) in [5, 5.41) is 2.92. The molecule has 0 radical (unpaired) electrons. The number of carbonyl (C=O) groups is 1. The van der Waals surface area contributed by atoms with Crippen LogP contribution in [0.25, 0.3) is 0 Å². The third-order valence-corrected chi connectivity index (χ3v) is 3.33. The summed E-state index contributed by atoms with van der Waals surface area (Å²) < 4.78 is 14.0. The third-order valence-electron chi connectivity index (χ3n) is 2.80. The molecule has 0 aliphatic rings. The first-order valence-corrected chi connectivity index (χ1v) is 6.85. The molecule has 0 aliphatic heterocycles. The van der Waals surface area contributed by atoms with Crippen molar-refractivity contribution in [3.8, 4) is 0 Å². The highest BCUT2D eigenvalue weighted by molar-refractivity contribution is 9.10. The van der Waals surface area contributed by atoms with Crippen LogP contribution in [0, 0.1) is 12.7 Å². The molecule has 0 fully saturated rings. The first-order chi connectivity index (χ1) is 9.56. The zero-order valence-corrected chi connectivity index (χ0v) is 12.4. The fourth-order valence-electron chi connectivity index (χ4n) is 1.67. The zero-order chi connectivity index (χ0) is 14.5. The van der Waals surface area contributed by atoms with Crippen LogP contribution in [0.1, 0.15) is 15.9 Å². The molecule has 0 bridgehead atoms. The average Bonchev–Trinajstić information content (AvgIpc) is 2.43. The van der Waals surface area contributed by atoms with Gasteiger partial charge < -0.3 is 5.32 Å². The van der Waals surface area contributed by atoms with E-state index in [0.29, 0.717) is 11.3 Å². The predicted octanol–water partition coefficient (Wildman–Crippen LogP) is 4.71. The van der Waals surface area contributed by atoms with Gasteiger partial charge in [0, 0.05) is 28.0 Å². The summed E-state index contributed by atoms with van der Waals surface area (Å²) in [6, 6.07) is 11.6. The van der Waals surface area contributed by atoms with Gasteiger partial charge in [-0.2, -0.15) is 0 Å². The standard InChI is InChI=1S/C16H13BrFNO/c1-11-2-7-14(18)10-15(11)19-9-8-16(20)12-3-5-13(17)6-4-12/h2-10,19H,1H3. The van der Waals surface area contributed by atoms with Gasteiger partial charge in [-0.15, -0.1) is 0 Å². The van der Waals surface area contributed by atoms with Gasteiger partial charge in [-0.3, -0.25) is 4.79 Å². The first-order valence-electron chi connectivity index (χ1n) is 6.05. The van der Waals surface area contributed by atoms with Crippen LogP contribution in [0.2, 0.25) is 0 Å². The maximum absolute atomic E-state index is 13.1. The predicted molar refractivity (Wildman–Crippen MR) is 82.4 cm³/mol. The summed E-state index contributed by atoms with van der Waals surface area (Å²) in [6.45, 7) is 1.87. The summed E-state index contributed by atoms with van der Waals surface area (Å²) in [5.74, 6) is -0.426. The van der Waals surface area contributed by atoms with Crippen molar-refractivity contribution in [3.63, 3.8) is 0 Å². The molecule has 2 nitrogen and oxygen atoms in total. The van der Waals surface area contributed by atoms with E-state index in [2.05, 4.69) is 21.2 Å². The van der Waals surface area contributed by atoms with E-state index >= 15 is 0 Å². The van der Waals surface area contributed by atoms with Crippen molar-refractivity contribution >= 4 is 27.4 Å². The van der Waals surface area contributed by atoms with E-state index in [1.54, 1.807) is 18.2 Å². The lowest BCUT2D eigenvalue weighted by molar-refractivity contribution is 0.104. The van der Waals surface area contributed by atoms with E-state index in [4.69, 9.17) is 0 Å². The Labute approximate surface area is 125 Å². The number of hydrogen-bond acceptors (Lipinski definition) is 2. The lowest BCUT2D eigenvalue weighted by Gasteiger charge is -2.04. The highest BCUT2D eigenvalue weighted by Gasteiger charge is 2.01. The molecule has 2 rings (SSSR count). The van der Waals surface area contributed by atoms with Crippen LogP contribution in [-0.4, -0.2) is 5.78 Å². The summed E-state index contributed by atoms with van der Waals surface area (Å²) in [6.07, 6.45) is 2.94. The van der Waals surface area contributed by atoms with Crippen LogP contribution >= 0.6 is 15.9 Å². The smallest absolute Gasteiger partial charge is 0.187 e. The number of halogens is 2.